The largest absolute Gasteiger partial charge is 0.394 e. The van der Waals surface area contributed by atoms with E-state index in [0.29, 0.717) is 19.5 Å². The van der Waals surface area contributed by atoms with Gasteiger partial charge in [-0.3, -0.25) is 4.79 Å². The molecule has 5 heteroatoms. The zero-order valence-electron chi connectivity index (χ0n) is 9.44. The van der Waals surface area contributed by atoms with E-state index in [4.69, 9.17) is 5.11 Å². The Morgan fingerprint density at radius 1 is 1.41 bits per heavy atom. The summed E-state index contributed by atoms with van der Waals surface area (Å²) in [5, 5.41) is 23.7. The number of hydrogen-bond donors (Lipinski definition) is 4. The standard InChI is InChI=1S/C12H16N2O3/c15-7-11(16)6-13-10-2-1-8-5-14-12(17)4-9(8)3-10/h1-3,11,13,15-16H,4-7H2,(H,14,17). The molecular formula is C12H16N2O3. The molecule has 1 aliphatic rings. The van der Waals surface area contributed by atoms with Gasteiger partial charge in [0.05, 0.1) is 19.1 Å². The van der Waals surface area contributed by atoms with Crippen LogP contribution in [0.25, 0.3) is 0 Å². The van der Waals surface area contributed by atoms with E-state index in [0.717, 1.165) is 16.8 Å². The third-order valence-electron chi connectivity index (χ3n) is 2.79. The van der Waals surface area contributed by atoms with E-state index in [1.807, 2.05) is 18.2 Å². The fourth-order valence-electron chi connectivity index (χ4n) is 1.80. The van der Waals surface area contributed by atoms with Gasteiger partial charge in [-0.2, -0.15) is 0 Å². The minimum atomic E-state index is -0.769. The summed E-state index contributed by atoms with van der Waals surface area (Å²) in [7, 11) is 0. The van der Waals surface area contributed by atoms with Crippen molar-refractivity contribution in [2.45, 2.75) is 19.1 Å². The lowest BCUT2D eigenvalue weighted by Crippen LogP contribution is -2.30. The van der Waals surface area contributed by atoms with E-state index in [2.05, 4.69) is 10.6 Å². The number of benzene rings is 1. The fraction of sp³-hybridized carbons (Fsp3) is 0.417. The number of carbonyl (C=O) groups is 1. The fourth-order valence-corrected chi connectivity index (χ4v) is 1.80. The molecule has 0 aromatic heterocycles. The molecule has 1 amide bonds. The monoisotopic (exact) mass is 236 g/mol. The van der Waals surface area contributed by atoms with Gasteiger partial charge in [-0.15, -0.1) is 0 Å². The van der Waals surface area contributed by atoms with Gasteiger partial charge in [-0.05, 0) is 23.3 Å². The maximum atomic E-state index is 11.2. The molecule has 0 saturated carbocycles. The van der Waals surface area contributed by atoms with Gasteiger partial charge in [-0.25, -0.2) is 0 Å². The summed E-state index contributed by atoms with van der Waals surface area (Å²) < 4.78 is 0. The highest BCUT2D eigenvalue weighted by atomic mass is 16.3. The number of aliphatic hydroxyl groups is 2. The van der Waals surface area contributed by atoms with Crippen molar-refractivity contribution >= 4 is 11.6 Å². The molecular weight excluding hydrogens is 220 g/mol. The zero-order valence-corrected chi connectivity index (χ0v) is 9.44. The summed E-state index contributed by atoms with van der Waals surface area (Å²) in [6, 6.07) is 5.78. The van der Waals surface area contributed by atoms with Crippen LogP contribution in [0.5, 0.6) is 0 Å². The normalized spacial score (nSPS) is 16.0. The molecule has 1 heterocycles. The lowest BCUT2D eigenvalue weighted by atomic mass is 10.00. The average Bonchev–Trinajstić information content (AvgIpc) is 2.35. The van der Waals surface area contributed by atoms with Gasteiger partial charge < -0.3 is 20.8 Å². The number of rotatable bonds is 4. The molecule has 5 nitrogen and oxygen atoms in total. The highest BCUT2D eigenvalue weighted by molar-refractivity contribution is 5.81. The summed E-state index contributed by atoms with van der Waals surface area (Å²) in [5.41, 5.74) is 2.99. The third-order valence-corrected chi connectivity index (χ3v) is 2.79. The van der Waals surface area contributed by atoms with Gasteiger partial charge in [0.2, 0.25) is 5.91 Å². The molecule has 1 atom stereocenters. The van der Waals surface area contributed by atoms with Crippen LogP contribution in [0.3, 0.4) is 0 Å². The molecule has 17 heavy (non-hydrogen) atoms. The molecule has 0 saturated heterocycles. The first-order valence-electron chi connectivity index (χ1n) is 5.60. The van der Waals surface area contributed by atoms with Crippen molar-refractivity contribution in [1.29, 1.82) is 0 Å². The second-order valence-electron chi connectivity index (χ2n) is 4.15. The number of nitrogens with one attached hydrogen (secondary N) is 2. The van der Waals surface area contributed by atoms with Crippen LogP contribution in [0.4, 0.5) is 5.69 Å². The lowest BCUT2D eigenvalue weighted by Gasteiger charge is -2.18. The number of aliphatic hydroxyl groups excluding tert-OH is 2. The Balaban J connectivity index is 2.05. The average molecular weight is 236 g/mol. The van der Waals surface area contributed by atoms with Crippen molar-refractivity contribution in [2.24, 2.45) is 0 Å². The predicted octanol–water partition coefficient (Wildman–Crippen LogP) is -0.376. The number of fused-ring (bicyclic) bond motifs is 1. The van der Waals surface area contributed by atoms with Gasteiger partial charge in [-0.1, -0.05) is 6.07 Å². The molecule has 0 bridgehead atoms. The van der Waals surface area contributed by atoms with Crippen LogP contribution in [0.2, 0.25) is 0 Å². The van der Waals surface area contributed by atoms with Crippen molar-refractivity contribution < 1.29 is 15.0 Å². The number of hydrogen-bond acceptors (Lipinski definition) is 4. The third kappa shape index (κ3) is 2.95. The Morgan fingerprint density at radius 3 is 3.00 bits per heavy atom. The van der Waals surface area contributed by atoms with Gasteiger partial charge in [0.25, 0.3) is 0 Å². The molecule has 0 spiro atoms. The Morgan fingerprint density at radius 2 is 2.24 bits per heavy atom. The predicted molar refractivity (Wildman–Crippen MR) is 63.6 cm³/mol. The molecule has 1 aromatic rings. The Bertz CT molecular complexity index is 420. The molecule has 1 unspecified atom stereocenters. The van der Waals surface area contributed by atoms with Crippen LogP contribution in [0, 0.1) is 0 Å². The Hall–Kier alpha value is -1.59. The minimum absolute atomic E-state index is 0.0324. The number of carbonyl (C=O) groups excluding carboxylic acids is 1. The molecule has 0 radical (unpaired) electrons. The van der Waals surface area contributed by atoms with Crippen LogP contribution in [0.15, 0.2) is 18.2 Å². The van der Waals surface area contributed by atoms with Crippen molar-refractivity contribution in [1.82, 2.24) is 5.32 Å². The molecule has 92 valence electrons. The van der Waals surface area contributed by atoms with E-state index < -0.39 is 6.10 Å². The van der Waals surface area contributed by atoms with Gasteiger partial charge in [0.1, 0.15) is 0 Å². The smallest absolute Gasteiger partial charge is 0.224 e. The van der Waals surface area contributed by atoms with E-state index >= 15 is 0 Å². The minimum Gasteiger partial charge on any atom is -0.394 e. The first-order valence-corrected chi connectivity index (χ1v) is 5.60. The Labute approximate surface area is 99.5 Å². The maximum absolute atomic E-state index is 11.2. The Kier molecular flexibility index (Phi) is 3.61. The molecule has 1 aromatic carbocycles. The maximum Gasteiger partial charge on any atom is 0.224 e. The summed E-state index contributed by atoms with van der Waals surface area (Å²) in [4.78, 5) is 11.2. The quantitative estimate of drug-likeness (QED) is 0.574. The highest BCUT2D eigenvalue weighted by Crippen LogP contribution is 2.19. The van der Waals surface area contributed by atoms with Crippen LogP contribution in [0.1, 0.15) is 11.1 Å². The summed E-state index contributed by atoms with van der Waals surface area (Å²) in [6.45, 7) is 0.607. The zero-order chi connectivity index (χ0) is 12.3. The van der Waals surface area contributed by atoms with Crippen LogP contribution < -0.4 is 10.6 Å². The van der Waals surface area contributed by atoms with E-state index in [1.54, 1.807) is 0 Å². The number of amides is 1. The first-order chi connectivity index (χ1) is 8.19. The molecule has 4 N–H and O–H groups in total. The second kappa shape index (κ2) is 5.16. The van der Waals surface area contributed by atoms with Crippen molar-refractivity contribution in [3.8, 4) is 0 Å². The summed E-state index contributed by atoms with van der Waals surface area (Å²) in [6.07, 6.45) is -0.373. The number of anilines is 1. The van der Waals surface area contributed by atoms with E-state index in [9.17, 15) is 9.90 Å². The summed E-state index contributed by atoms with van der Waals surface area (Å²) >= 11 is 0. The second-order valence-corrected chi connectivity index (χ2v) is 4.15. The van der Waals surface area contributed by atoms with Crippen molar-refractivity contribution in [3.63, 3.8) is 0 Å². The molecule has 2 rings (SSSR count). The summed E-state index contributed by atoms with van der Waals surface area (Å²) in [5.74, 6) is 0.0324. The first kappa shape index (κ1) is 11.9. The van der Waals surface area contributed by atoms with Gasteiger partial charge >= 0.3 is 0 Å². The van der Waals surface area contributed by atoms with Gasteiger partial charge in [0, 0.05) is 18.8 Å². The highest BCUT2D eigenvalue weighted by Gasteiger charge is 2.14. The van der Waals surface area contributed by atoms with E-state index in [-0.39, 0.29) is 12.5 Å². The SMILES string of the molecule is O=C1Cc2cc(NCC(O)CO)ccc2CN1. The van der Waals surface area contributed by atoms with Crippen molar-refractivity contribution in [3.05, 3.63) is 29.3 Å². The lowest BCUT2D eigenvalue weighted by molar-refractivity contribution is -0.121. The van der Waals surface area contributed by atoms with Crippen molar-refractivity contribution in [2.75, 3.05) is 18.5 Å². The van der Waals surface area contributed by atoms with Crippen LogP contribution in [-0.4, -0.2) is 35.4 Å². The molecule has 1 aliphatic heterocycles. The van der Waals surface area contributed by atoms with Crippen LogP contribution in [-0.2, 0) is 17.8 Å². The molecule has 0 aliphatic carbocycles. The van der Waals surface area contributed by atoms with Gasteiger partial charge in [0.15, 0.2) is 0 Å². The topological polar surface area (TPSA) is 81.6 Å². The molecule has 0 fully saturated rings. The van der Waals surface area contributed by atoms with E-state index in [1.165, 1.54) is 0 Å². The van der Waals surface area contributed by atoms with Crippen LogP contribution >= 0.6 is 0 Å².